The van der Waals surface area contributed by atoms with E-state index in [1.807, 2.05) is 0 Å². The minimum absolute atomic E-state index is 0.552. The van der Waals surface area contributed by atoms with Crippen molar-refractivity contribution in [2.45, 2.75) is 105 Å². The van der Waals surface area contributed by atoms with Gasteiger partial charge in [0.1, 0.15) is 0 Å². The third kappa shape index (κ3) is 4.85. The van der Waals surface area contributed by atoms with Crippen molar-refractivity contribution in [3.05, 3.63) is 35.5 Å². The molecule has 3 aliphatic rings. The van der Waals surface area contributed by atoms with E-state index in [0.29, 0.717) is 5.41 Å². The average Bonchev–Trinajstić information content (AvgIpc) is 2.99. The first-order valence-corrected chi connectivity index (χ1v) is 12.4. The number of hydrogen-bond acceptors (Lipinski definition) is 0. The lowest BCUT2D eigenvalue weighted by atomic mass is 9.60. The highest BCUT2D eigenvalue weighted by molar-refractivity contribution is 5.36. The summed E-state index contributed by atoms with van der Waals surface area (Å²) in [6, 6.07) is 0. The topological polar surface area (TPSA) is 0 Å². The first-order chi connectivity index (χ1) is 13.3. The van der Waals surface area contributed by atoms with Crippen LogP contribution < -0.4 is 0 Å². The van der Waals surface area contributed by atoms with Crippen LogP contribution in [0.4, 0.5) is 0 Å². The molecular weight excluding hydrogens is 336 g/mol. The van der Waals surface area contributed by atoms with Crippen LogP contribution in [0.2, 0.25) is 0 Å². The summed E-state index contributed by atoms with van der Waals surface area (Å²) in [5, 5.41) is 0. The maximum atomic E-state index is 4.35. The predicted octanol–water partition coefficient (Wildman–Crippen LogP) is 8.89. The molecular formula is C28H46. The predicted molar refractivity (Wildman–Crippen MR) is 124 cm³/mol. The molecule has 5 unspecified atom stereocenters. The summed E-state index contributed by atoms with van der Waals surface area (Å²) < 4.78 is 0. The molecule has 0 N–H and O–H groups in total. The van der Waals surface area contributed by atoms with Crippen LogP contribution in [0.3, 0.4) is 0 Å². The maximum Gasteiger partial charge on any atom is -0.0143 e. The Morgan fingerprint density at radius 2 is 1.86 bits per heavy atom. The average molecular weight is 383 g/mol. The molecule has 5 atom stereocenters. The normalized spacial score (nSPS) is 37.6. The minimum Gasteiger partial charge on any atom is -0.0956 e. The molecule has 0 spiro atoms. The molecule has 0 aromatic heterocycles. The van der Waals surface area contributed by atoms with Gasteiger partial charge >= 0.3 is 0 Å². The first-order valence-electron chi connectivity index (χ1n) is 12.4. The van der Waals surface area contributed by atoms with Gasteiger partial charge in [-0.15, -0.1) is 0 Å². The van der Waals surface area contributed by atoms with Crippen molar-refractivity contribution < 1.29 is 0 Å². The molecule has 28 heavy (non-hydrogen) atoms. The fourth-order valence-corrected chi connectivity index (χ4v) is 6.86. The highest BCUT2D eigenvalue weighted by atomic mass is 14.5. The molecule has 0 bridgehead atoms. The van der Waals surface area contributed by atoms with Gasteiger partial charge in [-0.1, -0.05) is 83.8 Å². The molecule has 0 saturated heterocycles. The van der Waals surface area contributed by atoms with Gasteiger partial charge in [-0.25, -0.2) is 0 Å². The zero-order valence-electron chi connectivity index (χ0n) is 19.5. The van der Waals surface area contributed by atoms with Gasteiger partial charge in [-0.3, -0.25) is 0 Å². The van der Waals surface area contributed by atoms with Crippen molar-refractivity contribution in [1.82, 2.24) is 0 Å². The van der Waals surface area contributed by atoms with E-state index in [4.69, 9.17) is 0 Å². The summed E-state index contributed by atoms with van der Waals surface area (Å²) in [5.74, 6) is 4.35. The second-order valence-corrected chi connectivity index (χ2v) is 11.3. The summed E-state index contributed by atoms with van der Waals surface area (Å²) in [7, 11) is 0. The zero-order valence-corrected chi connectivity index (χ0v) is 19.5. The third-order valence-corrected chi connectivity index (χ3v) is 8.63. The molecule has 0 aromatic rings. The number of allylic oxidation sites excluding steroid dienone is 5. The summed E-state index contributed by atoms with van der Waals surface area (Å²) in [6.07, 6.45) is 20.1. The van der Waals surface area contributed by atoms with Crippen LogP contribution in [0.15, 0.2) is 35.5 Å². The van der Waals surface area contributed by atoms with Gasteiger partial charge in [-0.05, 0) is 91.9 Å². The van der Waals surface area contributed by atoms with Crippen molar-refractivity contribution >= 4 is 0 Å². The molecule has 0 nitrogen and oxygen atoms in total. The Balaban J connectivity index is 1.70. The van der Waals surface area contributed by atoms with Crippen LogP contribution in [0.1, 0.15) is 105 Å². The zero-order chi connectivity index (χ0) is 20.3. The Morgan fingerprint density at radius 1 is 1.07 bits per heavy atom. The molecule has 158 valence electrons. The van der Waals surface area contributed by atoms with Gasteiger partial charge < -0.3 is 0 Å². The monoisotopic (exact) mass is 382 g/mol. The van der Waals surface area contributed by atoms with E-state index >= 15 is 0 Å². The SMILES string of the molecule is C=C1CCC(C)C/C1=C/C=C1\CCCC2(C)C1CCC2C(C)CCCC(C)C. The fraction of sp³-hybridized carbons (Fsp3) is 0.786. The Morgan fingerprint density at radius 3 is 2.61 bits per heavy atom. The summed E-state index contributed by atoms with van der Waals surface area (Å²) in [5.41, 5.74) is 5.26. The lowest BCUT2D eigenvalue weighted by Crippen LogP contribution is -2.36. The van der Waals surface area contributed by atoms with Crippen LogP contribution in [0.5, 0.6) is 0 Å². The van der Waals surface area contributed by atoms with E-state index in [9.17, 15) is 0 Å². The van der Waals surface area contributed by atoms with Crippen molar-refractivity contribution in [3.8, 4) is 0 Å². The largest absolute Gasteiger partial charge is 0.0956 e. The number of hydrogen-bond donors (Lipinski definition) is 0. The molecule has 0 aromatic carbocycles. The molecule has 3 fully saturated rings. The summed E-state index contributed by atoms with van der Waals surface area (Å²) >= 11 is 0. The van der Waals surface area contributed by atoms with E-state index in [-0.39, 0.29) is 0 Å². The van der Waals surface area contributed by atoms with Crippen LogP contribution in [0.25, 0.3) is 0 Å². The summed E-state index contributed by atoms with van der Waals surface area (Å²) in [4.78, 5) is 0. The quantitative estimate of drug-likeness (QED) is 0.430. The van der Waals surface area contributed by atoms with Gasteiger partial charge in [0.25, 0.3) is 0 Å². The molecule has 0 heteroatoms. The van der Waals surface area contributed by atoms with Crippen molar-refractivity contribution in [2.75, 3.05) is 0 Å². The molecule has 0 heterocycles. The van der Waals surface area contributed by atoms with Gasteiger partial charge in [0.15, 0.2) is 0 Å². The third-order valence-electron chi connectivity index (χ3n) is 8.63. The number of rotatable bonds is 6. The molecule has 3 saturated carbocycles. The van der Waals surface area contributed by atoms with E-state index in [1.165, 1.54) is 81.8 Å². The minimum atomic E-state index is 0.552. The molecule has 0 radical (unpaired) electrons. The second-order valence-electron chi connectivity index (χ2n) is 11.3. The van der Waals surface area contributed by atoms with Crippen LogP contribution in [-0.4, -0.2) is 0 Å². The molecule has 0 amide bonds. The fourth-order valence-electron chi connectivity index (χ4n) is 6.86. The Labute approximate surface area is 176 Å². The Bertz CT molecular complexity index is 604. The van der Waals surface area contributed by atoms with Crippen molar-refractivity contribution in [2.24, 2.45) is 35.0 Å². The van der Waals surface area contributed by atoms with E-state index < -0.39 is 0 Å². The summed E-state index contributed by atoms with van der Waals surface area (Å²) in [6.45, 7) is 16.7. The van der Waals surface area contributed by atoms with Gasteiger partial charge in [0.2, 0.25) is 0 Å². The highest BCUT2D eigenvalue weighted by Crippen LogP contribution is 2.60. The van der Waals surface area contributed by atoms with Crippen LogP contribution in [-0.2, 0) is 0 Å². The Kier molecular flexibility index (Phi) is 7.32. The van der Waals surface area contributed by atoms with Gasteiger partial charge in [0, 0.05) is 0 Å². The lowest BCUT2D eigenvalue weighted by Gasteiger charge is -2.44. The van der Waals surface area contributed by atoms with E-state index in [0.717, 1.165) is 29.6 Å². The highest BCUT2D eigenvalue weighted by Gasteiger charge is 2.50. The van der Waals surface area contributed by atoms with Crippen molar-refractivity contribution in [3.63, 3.8) is 0 Å². The van der Waals surface area contributed by atoms with Crippen molar-refractivity contribution in [1.29, 1.82) is 0 Å². The smallest absolute Gasteiger partial charge is 0.0143 e. The van der Waals surface area contributed by atoms with E-state index in [1.54, 1.807) is 5.57 Å². The number of fused-ring (bicyclic) bond motifs is 1. The standard InChI is InChI=1S/C28H46/c1-20(2)9-7-10-23(5)26-16-17-27-24(11-8-18-28(26,27)6)14-15-25-19-21(3)12-13-22(25)4/h14-15,20-21,23,26-27H,4,7-13,16-19H2,1-3,5-6H3/b24-14+,25-15-. The Hall–Kier alpha value is -0.780. The van der Waals surface area contributed by atoms with E-state index in [2.05, 4.69) is 53.3 Å². The first kappa shape index (κ1) is 21.9. The second kappa shape index (κ2) is 9.36. The van der Waals surface area contributed by atoms with Gasteiger partial charge in [0.05, 0.1) is 0 Å². The molecule has 3 aliphatic carbocycles. The molecule has 0 aliphatic heterocycles. The van der Waals surface area contributed by atoms with Crippen LogP contribution in [0, 0.1) is 35.0 Å². The lowest BCUT2D eigenvalue weighted by molar-refractivity contribution is 0.0929. The molecule has 3 rings (SSSR count). The van der Waals surface area contributed by atoms with Crippen LogP contribution >= 0.6 is 0 Å². The van der Waals surface area contributed by atoms with Gasteiger partial charge in [-0.2, -0.15) is 0 Å². The maximum absolute atomic E-state index is 4.35.